The van der Waals surface area contributed by atoms with Gasteiger partial charge in [-0.05, 0) is 56.0 Å². The molecule has 26 heavy (non-hydrogen) atoms. The Bertz CT molecular complexity index is 865. The van der Waals surface area contributed by atoms with Gasteiger partial charge in [0.15, 0.2) is 0 Å². The van der Waals surface area contributed by atoms with Gasteiger partial charge in [0.1, 0.15) is 5.75 Å². The van der Waals surface area contributed by atoms with Crippen molar-refractivity contribution in [2.45, 2.75) is 45.9 Å². The normalized spacial score (nSPS) is 12.3. The highest BCUT2D eigenvalue weighted by molar-refractivity contribution is 5.80. The number of carbonyl (C=O) groups is 1. The molecule has 0 aliphatic heterocycles. The first kappa shape index (κ1) is 18.1. The molecule has 136 valence electrons. The second kappa shape index (κ2) is 8.09. The Balaban J connectivity index is 1.54. The van der Waals surface area contributed by atoms with Crippen molar-refractivity contribution in [3.63, 3.8) is 0 Å². The van der Waals surface area contributed by atoms with Crippen molar-refractivity contribution in [3.8, 4) is 5.75 Å². The molecular formula is C22H26N2O2. The molecule has 3 aromatic rings. The number of amides is 1. The Morgan fingerprint density at radius 3 is 2.50 bits per heavy atom. The summed E-state index contributed by atoms with van der Waals surface area (Å²) in [5, 5.41) is 4.27. The lowest BCUT2D eigenvalue weighted by atomic mass is 10.1. The molecule has 4 heteroatoms. The van der Waals surface area contributed by atoms with Crippen LogP contribution >= 0.6 is 0 Å². The summed E-state index contributed by atoms with van der Waals surface area (Å²) in [6, 6.07) is 18.2. The SMILES string of the molecule is CC(C)Oc1ccc(C(C)NC(=O)CCn2ccc3ccccc32)cc1. The summed E-state index contributed by atoms with van der Waals surface area (Å²) < 4.78 is 7.78. The van der Waals surface area contributed by atoms with E-state index in [0.29, 0.717) is 13.0 Å². The van der Waals surface area contributed by atoms with Gasteiger partial charge in [-0.25, -0.2) is 0 Å². The first-order valence-electron chi connectivity index (χ1n) is 9.13. The zero-order valence-electron chi connectivity index (χ0n) is 15.6. The molecule has 1 amide bonds. The number of fused-ring (bicyclic) bond motifs is 1. The minimum atomic E-state index is -0.0305. The maximum absolute atomic E-state index is 12.3. The van der Waals surface area contributed by atoms with Crippen LogP contribution in [0.15, 0.2) is 60.8 Å². The molecule has 1 heterocycles. The van der Waals surface area contributed by atoms with Crippen LogP contribution < -0.4 is 10.1 Å². The van der Waals surface area contributed by atoms with E-state index < -0.39 is 0 Å². The number of aryl methyl sites for hydroxylation is 1. The summed E-state index contributed by atoms with van der Waals surface area (Å²) in [6.07, 6.45) is 2.65. The first-order chi connectivity index (χ1) is 12.5. The fourth-order valence-electron chi connectivity index (χ4n) is 3.06. The molecule has 0 radical (unpaired) electrons. The standard InChI is InChI=1S/C22H26N2O2/c1-16(2)26-20-10-8-18(9-11-20)17(3)23-22(25)13-15-24-14-12-19-6-4-5-7-21(19)24/h4-12,14,16-17H,13,15H2,1-3H3,(H,23,25). The van der Waals surface area contributed by atoms with E-state index in [9.17, 15) is 4.79 Å². The predicted octanol–water partition coefficient (Wildman–Crippen LogP) is 4.70. The van der Waals surface area contributed by atoms with Crippen molar-refractivity contribution in [3.05, 3.63) is 66.4 Å². The maximum Gasteiger partial charge on any atom is 0.222 e. The number of nitrogens with zero attached hydrogens (tertiary/aromatic N) is 1. The monoisotopic (exact) mass is 350 g/mol. The lowest BCUT2D eigenvalue weighted by molar-refractivity contribution is -0.121. The van der Waals surface area contributed by atoms with E-state index >= 15 is 0 Å². The van der Waals surface area contributed by atoms with Gasteiger partial charge in [0, 0.05) is 24.7 Å². The highest BCUT2D eigenvalue weighted by Crippen LogP contribution is 2.19. The molecule has 1 N–H and O–H groups in total. The quantitative estimate of drug-likeness (QED) is 0.671. The van der Waals surface area contributed by atoms with Crippen LogP contribution in [-0.2, 0) is 11.3 Å². The fraction of sp³-hybridized carbons (Fsp3) is 0.318. The number of para-hydroxylation sites is 1. The summed E-state index contributed by atoms with van der Waals surface area (Å²) in [5.74, 6) is 0.902. The summed E-state index contributed by atoms with van der Waals surface area (Å²) in [6.45, 7) is 6.68. The minimum absolute atomic E-state index is 0.0305. The average molecular weight is 350 g/mol. The molecule has 0 aliphatic rings. The van der Waals surface area contributed by atoms with Gasteiger partial charge in [-0.15, -0.1) is 0 Å². The van der Waals surface area contributed by atoms with E-state index in [0.717, 1.165) is 16.8 Å². The lowest BCUT2D eigenvalue weighted by Crippen LogP contribution is -2.27. The van der Waals surface area contributed by atoms with Crippen molar-refractivity contribution in [1.82, 2.24) is 9.88 Å². The molecule has 0 aliphatic carbocycles. The van der Waals surface area contributed by atoms with Crippen molar-refractivity contribution < 1.29 is 9.53 Å². The summed E-state index contributed by atoms with van der Waals surface area (Å²) in [5.41, 5.74) is 2.23. The van der Waals surface area contributed by atoms with Crippen LogP contribution in [0.1, 0.15) is 38.8 Å². The molecule has 0 fully saturated rings. The zero-order valence-corrected chi connectivity index (χ0v) is 15.6. The molecule has 1 aromatic heterocycles. The Labute approximate surface area is 154 Å². The molecule has 0 saturated carbocycles. The van der Waals surface area contributed by atoms with Gasteiger partial charge in [0.05, 0.1) is 12.1 Å². The average Bonchev–Trinajstić information content (AvgIpc) is 3.03. The third kappa shape index (κ3) is 4.45. The topological polar surface area (TPSA) is 43.3 Å². The van der Waals surface area contributed by atoms with Crippen molar-refractivity contribution in [1.29, 1.82) is 0 Å². The Kier molecular flexibility index (Phi) is 5.61. The lowest BCUT2D eigenvalue weighted by Gasteiger charge is -2.16. The van der Waals surface area contributed by atoms with Gasteiger partial charge in [-0.2, -0.15) is 0 Å². The van der Waals surface area contributed by atoms with Crippen molar-refractivity contribution >= 4 is 16.8 Å². The molecule has 0 bridgehead atoms. The number of ether oxygens (including phenoxy) is 1. The van der Waals surface area contributed by atoms with Crippen LogP contribution in [0.3, 0.4) is 0 Å². The Morgan fingerprint density at radius 1 is 1.04 bits per heavy atom. The summed E-state index contributed by atoms with van der Waals surface area (Å²) in [7, 11) is 0. The van der Waals surface area contributed by atoms with Gasteiger partial charge in [-0.1, -0.05) is 30.3 Å². The van der Waals surface area contributed by atoms with Crippen LogP contribution in [-0.4, -0.2) is 16.6 Å². The molecule has 1 atom stereocenters. The minimum Gasteiger partial charge on any atom is -0.491 e. The number of nitrogens with one attached hydrogen (secondary N) is 1. The van der Waals surface area contributed by atoms with Gasteiger partial charge in [0.25, 0.3) is 0 Å². The molecule has 0 saturated heterocycles. The largest absolute Gasteiger partial charge is 0.491 e. The molecule has 4 nitrogen and oxygen atoms in total. The first-order valence-corrected chi connectivity index (χ1v) is 9.13. The smallest absolute Gasteiger partial charge is 0.222 e. The van der Waals surface area contributed by atoms with Crippen LogP contribution in [0.4, 0.5) is 0 Å². The summed E-state index contributed by atoms with van der Waals surface area (Å²) in [4.78, 5) is 12.3. The van der Waals surface area contributed by atoms with Crippen molar-refractivity contribution in [2.24, 2.45) is 0 Å². The third-order valence-corrected chi connectivity index (χ3v) is 4.39. The van der Waals surface area contributed by atoms with E-state index in [1.807, 2.05) is 63.4 Å². The maximum atomic E-state index is 12.3. The van der Waals surface area contributed by atoms with Crippen LogP contribution in [0, 0.1) is 0 Å². The molecular weight excluding hydrogens is 324 g/mol. The van der Waals surface area contributed by atoms with Crippen LogP contribution in [0.25, 0.3) is 10.9 Å². The van der Waals surface area contributed by atoms with E-state index in [4.69, 9.17) is 4.74 Å². The number of carbonyl (C=O) groups excluding carboxylic acids is 1. The second-order valence-electron chi connectivity index (χ2n) is 6.84. The second-order valence-corrected chi connectivity index (χ2v) is 6.84. The fourth-order valence-corrected chi connectivity index (χ4v) is 3.06. The number of hydrogen-bond donors (Lipinski definition) is 1. The highest BCUT2D eigenvalue weighted by Gasteiger charge is 2.10. The van der Waals surface area contributed by atoms with Crippen LogP contribution in [0.2, 0.25) is 0 Å². The number of rotatable bonds is 7. The molecule has 3 rings (SSSR count). The van der Waals surface area contributed by atoms with Gasteiger partial charge in [0.2, 0.25) is 5.91 Å². The zero-order chi connectivity index (χ0) is 18.5. The predicted molar refractivity (Wildman–Crippen MR) is 105 cm³/mol. The third-order valence-electron chi connectivity index (χ3n) is 4.39. The molecule has 1 unspecified atom stereocenters. The van der Waals surface area contributed by atoms with Gasteiger partial charge >= 0.3 is 0 Å². The number of benzene rings is 2. The Morgan fingerprint density at radius 2 is 1.77 bits per heavy atom. The van der Waals surface area contributed by atoms with E-state index in [1.54, 1.807) is 0 Å². The molecule has 0 spiro atoms. The highest BCUT2D eigenvalue weighted by atomic mass is 16.5. The van der Waals surface area contributed by atoms with E-state index in [-0.39, 0.29) is 18.1 Å². The van der Waals surface area contributed by atoms with Crippen LogP contribution in [0.5, 0.6) is 5.75 Å². The van der Waals surface area contributed by atoms with Crippen molar-refractivity contribution in [2.75, 3.05) is 0 Å². The summed E-state index contributed by atoms with van der Waals surface area (Å²) >= 11 is 0. The van der Waals surface area contributed by atoms with Gasteiger partial charge in [-0.3, -0.25) is 4.79 Å². The molecule has 2 aromatic carbocycles. The van der Waals surface area contributed by atoms with E-state index in [1.165, 1.54) is 5.39 Å². The van der Waals surface area contributed by atoms with Gasteiger partial charge < -0.3 is 14.6 Å². The van der Waals surface area contributed by atoms with E-state index in [2.05, 4.69) is 28.1 Å². The Hall–Kier alpha value is -2.75. The number of aromatic nitrogens is 1. The number of hydrogen-bond acceptors (Lipinski definition) is 2.